The van der Waals surface area contributed by atoms with Gasteiger partial charge >= 0.3 is 0 Å². The van der Waals surface area contributed by atoms with Gasteiger partial charge in [0.1, 0.15) is 11.6 Å². The van der Waals surface area contributed by atoms with Crippen LogP contribution in [0.3, 0.4) is 0 Å². The van der Waals surface area contributed by atoms with Crippen molar-refractivity contribution >= 4 is 5.91 Å². The van der Waals surface area contributed by atoms with E-state index in [-0.39, 0.29) is 34.9 Å². The smallest absolute Gasteiger partial charge is 0.248 e. The minimum absolute atomic E-state index is 0.0639. The highest BCUT2D eigenvalue weighted by Gasteiger charge is 2.43. The third kappa shape index (κ3) is 3.67. The summed E-state index contributed by atoms with van der Waals surface area (Å²) in [6.45, 7) is 3.85. The number of rotatable bonds is 3. The lowest BCUT2D eigenvalue weighted by atomic mass is 9.65. The van der Waals surface area contributed by atoms with Gasteiger partial charge in [-0.1, -0.05) is 6.92 Å². The second kappa shape index (κ2) is 8.06. The number of aliphatic hydroxyl groups is 1. The van der Waals surface area contributed by atoms with Crippen molar-refractivity contribution in [3.8, 4) is 22.6 Å². The second-order valence-electron chi connectivity index (χ2n) is 8.98. The molecule has 2 heterocycles. The summed E-state index contributed by atoms with van der Waals surface area (Å²) in [5.74, 6) is -0.344. The Balaban J connectivity index is 1.72. The minimum Gasteiger partial charge on any atom is -0.512 e. The molecule has 2 aliphatic carbocycles. The number of hydrogen-bond acceptors (Lipinski definition) is 5. The van der Waals surface area contributed by atoms with Crippen LogP contribution in [-0.4, -0.2) is 26.0 Å². The number of pyridine rings is 1. The molecule has 0 saturated heterocycles. The molecule has 0 aliphatic heterocycles. The normalized spacial score (nSPS) is 22.0. The van der Waals surface area contributed by atoms with Crippen molar-refractivity contribution in [2.45, 2.75) is 39.0 Å². The van der Waals surface area contributed by atoms with Crippen molar-refractivity contribution in [2.75, 3.05) is 0 Å². The average molecular weight is 445 g/mol. The van der Waals surface area contributed by atoms with Crippen LogP contribution in [0.25, 0.3) is 22.6 Å². The molecular formula is C26H25FN4O2. The van der Waals surface area contributed by atoms with Crippen molar-refractivity contribution in [2.24, 2.45) is 17.6 Å². The van der Waals surface area contributed by atoms with E-state index < -0.39 is 5.91 Å². The van der Waals surface area contributed by atoms with Crippen LogP contribution in [0.1, 0.15) is 42.6 Å². The Morgan fingerprint density at radius 3 is 2.61 bits per heavy atom. The first-order valence-corrected chi connectivity index (χ1v) is 11.1. The van der Waals surface area contributed by atoms with Crippen LogP contribution in [0.4, 0.5) is 4.39 Å². The van der Waals surface area contributed by atoms with E-state index in [1.165, 1.54) is 12.1 Å². The number of aryl methyl sites for hydroxylation is 1. The zero-order valence-corrected chi connectivity index (χ0v) is 18.5. The van der Waals surface area contributed by atoms with Gasteiger partial charge in [-0.25, -0.2) is 14.4 Å². The van der Waals surface area contributed by atoms with Crippen LogP contribution in [0.15, 0.2) is 53.9 Å². The van der Waals surface area contributed by atoms with Crippen LogP contribution in [0.5, 0.6) is 0 Å². The summed E-state index contributed by atoms with van der Waals surface area (Å²) in [5, 5.41) is 10.6. The number of nitrogens with zero attached hydrogens (tertiary/aromatic N) is 3. The average Bonchev–Trinajstić information content (AvgIpc) is 2.80. The molecule has 0 radical (unpaired) electrons. The van der Waals surface area contributed by atoms with Gasteiger partial charge in [0.15, 0.2) is 5.82 Å². The Bertz CT molecular complexity index is 1290. The summed E-state index contributed by atoms with van der Waals surface area (Å²) in [5.41, 5.74) is 11.1. The SMILES string of the molecule is Cc1cc(-c2nc(-c3ccc(F)cc3)c3c(n2)C2CC(C(N)=O)=C(O)C(C)C2CC3)ccn1. The van der Waals surface area contributed by atoms with Gasteiger partial charge in [0, 0.05) is 40.4 Å². The zero-order valence-electron chi connectivity index (χ0n) is 18.5. The molecule has 3 unspecified atom stereocenters. The third-order valence-corrected chi connectivity index (χ3v) is 7.01. The molecule has 0 saturated carbocycles. The molecule has 0 spiro atoms. The van der Waals surface area contributed by atoms with Gasteiger partial charge in [-0.3, -0.25) is 9.78 Å². The Morgan fingerprint density at radius 2 is 1.91 bits per heavy atom. The summed E-state index contributed by atoms with van der Waals surface area (Å²) >= 11 is 0. The molecule has 6 nitrogen and oxygen atoms in total. The highest BCUT2D eigenvalue weighted by molar-refractivity contribution is 5.93. The number of primary amides is 1. The summed E-state index contributed by atoms with van der Waals surface area (Å²) in [6, 6.07) is 10.1. The summed E-state index contributed by atoms with van der Waals surface area (Å²) in [6.07, 6.45) is 3.64. The molecule has 7 heteroatoms. The molecule has 2 aliphatic rings. The lowest BCUT2D eigenvalue weighted by Crippen LogP contribution is -2.35. The minimum atomic E-state index is -0.595. The fourth-order valence-electron chi connectivity index (χ4n) is 5.31. The molecule has 0 fully saturated rings. The number of allylic oxidation sites excluding steroid dienone is 1. The molecule has 0 bridgehead atoms. The molecule has 168 valence electrons. The predicted molar refractivity (Wildman–Crippen MR) is 123 cm³/mol. The number of amides is 1. The van der Waals surface area contributed by atoms with Crippen LogP contribution >= 0.6 is 0 Å². The summed E-state index contributed by atoms with van der Waals surface area (Å²) in [4.78, 5) is 26.3. The number of hydrogen-bond donors (Lipinski definition) is 2. The number of aromatic nitrogens is 3. The van der Waals surface area contributed by atoms with E-state index in [4.69, 9.17) is 15.7 Å². The number of benzene rings is 1. The first-order chi connectivity index (χ1) is 15.8. The third-order valence-electron chi connectivity index (χ3n) is 7.01. The topological polar surface area (TPSA) is 102 Å². The molecule has 1 aromatic carbocycles. The summed E-state index contributed by atoms with van der Waals surface area (Å²) < 4.78 is 13.6. The number of fused-ring (bicyclic) bond motifs is 3. The van der Waals surface area contributed by atoms with Gasteiger partial charge in [-0.05, 0) is 68.5 Å². The van der Waals surface area contributed by atoms with Crippen molar-refractivity contribution in [3.63, 3.8) is 0 Å². The van der Waals surface area contributed by atoms with Gasteiger partial charge in [-0.15, -0.1) is 0 Å². The molecular weight excluding hydrogens is 419 g/mol. The Hall–Kier alpha value is -3.61. The van der Waals surface area contributed by atoms with E-state index >= 15 is 0 Å². The fraction of sp³-hybridized carbons (Fsp3) is 0.308. The van der Waals surface area contributed by atoms with Crippen LogP contribution in [-0.2, 0) is 11.2 Å². The van der Waals surface area contributed by atoms with E-state index in [2.05, 4.69) is 4.98 Å². The van der Waals surface area contributed by atoms with Crippen LogP contribution in [0, 0.1) is 24.6 Å². The highest BCUT2D eigenvalue weighted by atomic mass is 19.1. The highest BCUT2D eigenvalue weighted by Crippen LogP contribution is 2.50. The number of halogens is 1. The standard InChI is InChI=1S/C26H25FN4O2/c1-13-11-16(9-10-29-13)26-30-22(15-3-5-17(27)6-4-15)19-8-7-18-14(2)24(32)21(25(28)33)12-20(18)23(19)31-26/h3-6,9-11,14,18,20,32H,7-8,12H2,1-2H3,(H2,28,33). The maximum Gasteiger partial charge on any atom is 0.248 e. The lowest BCUT2D eigenvalue weighted by molar-refractivity contribution is -0.115. The van der Waals surface area contributed by atoms with E-state index in [9.17, 15) is 14.3 Å². The Kier molecular flexibility index (Phi) is 5.19. The van der Waals surface area contributed by atoms with E-state index in [0.717, 1.165) is 46.6 Å². The van der Waals surface area contributed by atoms with Crippen LogP contribution < -0.4 is 5.73 Å². The monoisotopic (exact) mass is 444 g/mol. The van der Waals surface area contributed by atoms with Gasteiger partial charge in [-0.2, -0.15) is 0 Å². The maximum absolute atomic E-state index is 13.6. The molecule has 1 amide bonds. The van der Waals surface area contributed by atoms with Crippen molar-refractivity contribution < 1.29 is 14.3 Å². The summed E-state index contributed by atoms with van der Waals surface area (Å²) in [7, 11) is 0. The quantitative estimate of drug-likeness (QED) is 0.613. The maximum atomic E-state index is 13.6. The Morgan fingerprint density at radius 1 is 1.15 bits per heavy atom. The molecule has 33 heavy (non-hydrogen) atoms. The first-order valence-electron chi connectivity index (χ1n) is 11.1. The second-order valence-corrected chi connectivity index (χ2v) is 8.98. The largest absolute Gasteiger partial charge is 0.512 e. The number of carbonyl (C=O) groups is 1. The van der Waals surface area contributed by atoms with Gasteiger partial charge in [0.05, 0.1) is 17.0 Å². The predicted octanol–water partition coefficient (Wildman–Crippen LogP) is 4.64. The molecule has 3 N–H and O–H groups in total. The number of aliphatic hydroxyl groups excluding tert-OH is 1. The van der Waals surface area contributed by atoms with Crippen molar-refractivity contribution in [1.29, 1.82) is 0 Å². The van der Waals surface area contributed by atoms with Crippen molar-refractivity contribution in [3.05, 3.63) is 76.7 Å². The van der Waals surface area contributed by atoms with Gasteiger partial charge in [0.25, 0.3) is 0 Å². The fourth-order valence-corrected chi connectivity index (χ4v) is 5.31. The molecule has 5 rings (SSSR count). The van der Waals surface area contributed by atoms with Crippen molar-refractivity contribution in [1.82, 2.24) is 15.0 Å². The lowest BCUT2D eigenvalue weighted by Gasteiger charge is -2.40. The first kappa shape index (κ1) is 21.2. The van der Waals surface area contributed by atoms with E-state index in [1.54, 1.807) is 18.3 Å². The molecule has 2 aromatic heterocycles. The number of carbonyl (C=O) groups excluding carboxylic acids is 1. The number of nitrogens with two attached hydrogens (primary N) is 1. The van der Waals surface area contributed by atoms with Gasteiger partial charge < -0.3 is 10.8 Å². The van der Waals surface area contributed by atoms with Crippen LogP contribution in [0.2, 0.25) is 0 Å². The molecule has 3 aromatic rings. The zero-order chi connectivity index (χ0) is 23.3. The van der Waals surface area contributed by atoms with Gasteiger partial charge in [0.2, 0.25) is 5.91 Å². The van der Waals surface area contributed by atoms with E-state index in [1.807, 2.05) is 26.0 Å². The molecule has 3 atom stereocenters. The van der Waals surface area contributed by atoms with E-state index in [0.29, 0.717) is 12.2 Å². The Labute approximate surface area is 191 Å².